The average Bonchev–Trinajstić information content (AvgIpc) is 3.48. The molecule has 0 bridgehead atoms. The molecule has 2 aliphatic rings. The van der Waals surface area contributed by atoms with Crippen LogP contribution < -0.4 is 15.8 Å². The maximum atomic E-state index is 14.1. The molecule has 12 heteroatoms. The molecule has 2 unspecified atom stereocenters. The molecule has 3 aromatic heterocycles. The highest BCUT2D eigenvalue weighted by Crippen LogP contribution is 2.40. The minimum absolute atomic E-state index is 0.0880. The van der Waals surface area contributed by atoms with Crippen LogP contribution >= 0.6 is 11.3 Å². The molecule has 4 N–H and O–H groups in total. The summed E-state index contributed by atoms with van der Waals surface area (Å²) in [4.78, 5) is 61.0. The number of nitrogens with one attached hydrogen (secondary N) is 1. The van der Waals surface area contributed by atoms with Gasteiger partial charge >= 0.3 is 5.97 Å². The lowest BCUT2D eigenvalue weighted by Crippen LogP contribution is -2.48. The first-order valence-corrected chi connectivity index (χ1v) is 17.8. The summed E-state index contributed by atoms with van der Waals surface area (Å²) in [6.07, 6.45) is 12.3. The quantitative estimate of drug-likeness (QED) is 0.120. The van der Waals surface area contributed by atoms with E-state index in [0.29, 0.717) is 36.4 Å². The molecule has 4 heterocycles. The maximum absolute atomic E-state index is 14.1. The summed E-state index contributed by atoms with van der Waals surface area (Å²) >= 11 is 1.51. The van der Waals surface area contributed by atoms with Gasteiger partial charge in [-0.2, -0.15) is 0 Å². The molecular weight excluding hydrogens is 630 g/mol. The summed E-state index contributed by atoms with van der Waals surface area (Å²) < 4.78 is 7.37. The lowest BCUT2D eigenvalue weighted by atomic mass is 9.98. The lowest BCUT2D eigenvalue weighted by molar-refractivity contribution is -0.141. The third-order valence-corrected chi connectivity index (χ3v) is 10.0. The molecule has 256 valence electrons. The van der Waals surface area contributed by atoms with Crippen molar-refractivity contribution in [2.24, 2.45) is 23.5 Å². The van der Waals surface area contributed by atoms with E-state index in [4.69, 9.17) is 20.6 Å². The highest BCUT2D eigenvalue weighted by atomic mass is 32.1. The molecule has 2 fully saturated rings. The van der Waals surface area contributed by atoms with E-state index in [2.05, 4.69) is 16.4 Å². The third kappa shape index (κ3) is 9.18. The van der Waals surface area contributed by atoms with Crippen molar-refractivity contribution < 1.29 is 29.0 Å². The molecule has 1 saturated heterocycles. The van der Waals surface area contributed by atoms with Crippen LogP contribution in [0.4, 0.5) is 0 Å². The van der Waals surface area contributed by atoms with Crippen LogP contribution in [0.15, 0.2) is 54.1 Å². The summed E-state index contributed by atoms with van der Waals surface area (Å²) in [5, 5.41) is 14.0. The van der Waals surface area contributed by atoms with Gasteiger partial charge in [-0.1, -0.05) is 44.4 Å². The molecule has 3 amide bonds. The number of carboxylic acids is 1. The number of primary amides is 1. The van der Waals surface area contributed by atoms with Gasteiger partial charge in [0.25, 0.3) is 0 Å². The van der Waals surface area contributed by atoms with Crippen LogP contribution in [0.2, 0.25) is 0 Å². The Hall–Kier alpha value is -4.32. The second-order valence-electron chi connectivity index (χ2n) is 12.8. The molecule has 48 heavy (non-hydrogen) atoms. The van der Waals surface area contributed by atoms with E-state index in [1.54, 1.807) is 11.1 Å². The number of carbonyl (C=O) groups is 4. The number of amides is 3. The number of hydrogen-bond acceptors (Lipinski definition) is 8. The number of thiophene rings is 1. The molecule has 1 aliphatic heterocycles. The molecule has 3 aromatic rings. The first kappa shape index (κ1) is 35.0. The van der Waals surface area contributed by atoms with E-state index in [1.165, 1.54) is 11.3 Å². The van der Waals surface area contributed by atoms with Crippen molar-refractivity contribution in [3.8, 4) is 17.1 Å². The zero-order chi connectivity index (χ0) is 34.0. The summed E-state index contributed by atoms with van der Waals surface area (Å²) in [7, 11) is 0. The van der Waals surface area contributed by atoms with E-state index in [0.717, 1.165) is 48.7 Å². The van der Waals surface area contributed by atoms with Gasteiger partial charge in [0.1, 0.15) is 17.9 Å². The molecule has 11 nitrogen and oxygen atoms in total. The van der Waals surface area contributed by atoms with Crippen LogP contribution in [-0.4, -0.2) is 68.9 Å². The Bertz CT molecular complexity index is 1610. The van der Waals surface area contributed by atoms with Crippen molar-refractivity contribution >= 4 is 45.2 Å². The summed E-state index contributed by atoms with van der Waals surface area (Å²) in [6.45, 7) is 2.42. The van der Waals surface area contributed by atoms with Crippen molar-refractivity contribution in [1.29, 1.82) is 0 Å². The van der Waals surface area contributed by atoms with Gasteiger partial charge in [0.15, 0.2) is 0 Å². The fourth-order valence-electron chi connectivity index (χ4n) is 6.26. The van der Waals surface area contributed by atoms with Crippen LogP contribution in [0.3, 0.4) is 0 Å². The van der Waals surface area contributed by atoms with Gasteiger partial charge in [-0.15, -0.1) is 11.3 Å². The predicted molar refractivity (Wildman–Crippen MR) is 184 cm³/mol. The number of hydrogen-bond donors (Lipinski definition) is 3. The molecule has 0 aromatic carbocycles. The monoisotopic (exact) mass is 675 g/mol. The van der Waals surface area contributed by atoms with E-state index in [1.807, 2.05) is 48.7 Å². The van der Waals surface area contributed by atoms with E-state index in [-0.39, 0.29) is 43.2 Å². The maximum Gasteiger partial charge on any atom is 0.307 e. The topological polar surface area (TPSA) is 165 Å². The summed E-state index contributed by atoms with van der Waals surface area (Å²) in [5.41, 5.74) is 8.00. The predicted octanol–water partition coefficient (Wildman–Crippen LogP) is 5.34. The van der Waals surface area contributed by atoms with Gasteiger partial charge in [0.05, 0.1) is 40.0 Å². The number of fused-ring (bicyclic) bond motifs is 1. The number of carboxylic acid groups (broad SMARTS) is 1. The van der Waals surface area contributed by atoms with Crippen molar-refractivity contribution in [2.45, 2.75) is 83.3 Å². The molecule has 1 saturated carbocycles. The number of pyridine rings is 2. The molecule has 0 radical (unpaired) electrons. The standard InChI is InChI=1S/C36H45N5O6S/c1-2-3-14-32(42)39-21-24(12-8-6-4-5-7-11-23-18-26(23)36(45)46)35(44)41-22-25(19-30(41)34(37)43)47-31-20-29(27-13-9-10-16-38-27)40-28-15-17-48-33(28)31/h7,9-11,13,15-17,20,23-26,30H,2-6,8,12,14,18-19,21-22H2,1H3,(H2,37,43)(H,39,42)(H,45,46)/b11-7-/t23-,24?,25?,26+,30+/m1/s1. The lowest BCUT2D eigenvalue weighted by Gasteiger charge is -2.27. The van der Waals surface area contributed by atoms with Crippen molar-refractivity contribution in [3.63, 3.8) is 0 Å². The van der Waals surface area contributed by atoms with Gasteiger partial charge in [-0.3, -0.25) is 24.2 Å². The normalized spacial score (nSPS) is 21.0. The zero-order valence-electron chi connectivity index (χ0n) is 27.4. The van der Waals surface area contributed by atoms with E-state index >= 15 is 0 Å². The Balaban J connectivity index is 1.23. The second-order valence-corrected chi connectivity index (χ2v) is 13.7. The van der Waals surface area contributed by atoms with Gasteiger partial charge in [-0.25, -0.2) is 4.98 Å². The van der Waals surface area contributed by atoms with Crippen molar-refractivity contribution in [1.82, 2.24) is 20.2 Å². The Morgan fingerprint density at radius 3 is 2.73 bits per heavy atom. The number of allylic oxidation sites excluding steroid dienone is 2. The largest absolute Gasteiger partial charge is 0.487 e. The number of aromatic nitrogens is 2. The van der Waals surface area contributed by atoms with Crippen LogP contribution in [0, 0.1) is 17.8 Å². The summed E-state index contributed by atoms with van der Waals surface area (Å²) in [6, 6.07) is 8.57. The number of likely N-dealkylation sites (tertiary alicyclic amines) is 1. The zero-order valence-corrected chi connectivity index (χ0v) is 28.2. The smallest absolute Gasteiger partial charge is 0.307 e. The molecule has 0 spiro atoms. The minimum atomic E-state index is -0.820. The highest BCUT2D eigenvalue weighted by Gasteiger charge is 2.42. The minimum Gasteiger partial charge on any atom is -0.487 e. The van der Waals surface area contributed by atoms with Crippen LogP contribution in [0.5, 0.6) is 5.75 Å². The van der Waals surface area contributed by atoms with Crippen molar-refractivity contribution in [3.05, 3.63) is 54.1 Å². The Kier molecular flexibility index (Phi) is 12.2. The number of aliphatic carboxylic acids is 1. The molecular formula is C36H45N5O6S. The Morgan fingerprint density at radius 2 is 2.00 bits per heavy atom. The first-order chi connectivity index (χ1) is 23.2. The van der Waals surface area contributed by atoms with E-state index < -0.39 is 29.9 Å². The van der Waals surface area contributed by atoms with Gasteiger partial charge < -0.3 is 25.8 Å². The number of rotatable bonds is 18. The van der Waals surface area contributed by atoms with Crippen LogP contribution in [0.25, 0.3) is 21.6 Å². The third-order valence-electron chi connectivity index (χ3n) is 9.09. The number of unbranched alkanes of at least 4 members (excludes halogenated alkanes) is 4. The van der Waals surface area contributed by atoms with Crippen molar-refractivity contribution in [2.75, 3.05) is 13.1 Å². The Labute approximate surface area is 285 Å². The van der Waals surface area contributed by atoms with E-state index in [9.17, 15) is 19.2 Å². The fourth-order valence-corrected chi connectivity index (χ4v) is 7.05. The van der Waals surface area contributed by atoms with Crippen LogP contribution in [-0.2, 0) is 19.2 Å². The number of ether oxygens (including phenoxy) is 1. The fraction of sp³-hybridized carbons (Fsp3) is 0.500. The van der Waals surface area contributed by atoms with Gasteiger partial charge in [0, 0.05) is 31.6 Å². The SMILES string of the molecule is CCCCC(=O)NCC(CCCCC/C=C\[C@@H]1C[C@@H]1C(=O)O)C(=O)N1CC(Oc2cc(-c3ccccn3)nc3ccsc23)C[C@H]1C(N)=O. The first-order valence-electron chi connectivity index (χ1n) is 17.0. The molecule has 5 rings (SSSR count). The second kappa shape index (κ2) is 16.7. The number of carbonyl (C=O) groups excluding carboxylic acids is 3. The van der Waals surface area contributed by atoms with Gasteiger partial charge in [0.2, 0.25) is 17.7 Å². The average molecular weight is 676 g/mol. The summed E-state index contributed by atoms with van der Waals surface area (Å²) in [5.74, 6) is -1.60. The number of nitrogens with zero attached hydrogens (tertiary/aromatic N) is 3. The molecule has 1 aliphatic carbocycles. The van der Waals surface area contributed by atoms with Crippen LogP contribution in [0.1, 0.15) is 71.1 Å². The highest BCUT2D eigenvalue weighted by molar-refractivity contribution is 7.17. The Morgan fingerprint density at radius 1 is 1.15 bits per heavy atom. The molecule has 5 atom stereocenters. The number of nitrogens with two attached hydrogens (primary N) is 1. The van der Waals surface area contributed by atoms with Gasteiger partial charge in [-0.05, 0) is 61.6 Å².